The zero-order valence-corrected chi connectivity index (χ0v) is 12.1. The summed E-state index contributed by atoms with van der Waals surface area (Å²) < 4.78 is 11.3. The van der Waals surface area contributed by atoms with E-state index in [2.05, 4.69) is 30.4 Å². The van der Waals surface area contributed by atoms with Gasteiger partial charge in [-0.25, -0.2) is 0 Å². The van der Waals surface area contributed by atoms with Gasteiger partial charge in [-0.1, -0.05) is 13.0 Å². The molecule has 1 atom stereocenters. The number of hydrogen-bond acceptors (Lipinski definition) is 3. The molecule has 0 bridgehead atoms. The van der Waals surface area contributed by atoms with Crippen molar-refractivity contribution < 1.29 is 9.47 Å². The van der Waals surface area contributed by atoms with E-state index in [4.69, 9.17) is 9.47 Å². The van der Waals surface area contributed by atoms with Crippen LogP contribution in [0.25, 0.3) is 0 Å². The van der Waals surface area contributed by atoms with E-state index in [1.54, 1.807) is 7.11 Å². The van der Waals surface area contributed by atoms with E-state index < -0.39 is 0 Å². The van der Waals surface area contributed by atoms with Crippen molar-refractivity contribution in [2.75, 3.05) is 26.8 Å². The Hall–Kier alpha value is -1.06. The minimum absolute atomic E-state index is 0.0755. The van der Waals surface area contributed by atoms with Gasteiger partial charge in [0.1, 0.15) is 11.9 Å². The lowest BCUT2D eigenvalue weighted by Gasteiger charge is -2.21. The van der Waals surface area contributed by atoms with Gasteiger partial charge in [0.25, 0.3) is 0 Å². The second-order valence-corrected chi connectivity index (χ2v) is 5.14. The first-order chi connectivity index (χ1) is 9.33. The summed E-state index contributed by atoms with van der Waals surface area (Å²) in [4.78, 5) is 0. The van der Waals surface area contributed by atoms with Crippen molar-refractivity contribution in [3.63, 3.8) is 0 Å². The lowest BCUT2D eigenvalue weighted by atomic mass is 9.92. The van der Waals surface area contributed by atoms with E-state index >= 15 is 0 Å². The normalized spacial score (nSPS) is 15.9. The number of fused-ring (bicyclic) bond motifs is 1. The third kappa shape index (κ3) is 4.22. The van der Waals surface area contributed by atoms with Crippen LogP contribution >= 0.6 is 0 Å². The molecule has 0 spiro atoms. The van der Waals surface area contributed by atoms with E-state index in [1.165, 1.54) is 36.8 Å². The maximum atomic E-state index is 6.04. The molecule has 3 nitrogen and oxygen atoms in total. The maximum absolute atomic E-state index is 6.04. The summed E-state index contributed by atoms with van der Waals surface area (Å²) >= 11 is 0. The van der Waals surface area contributed by atoms with E-state index in [-0.39, 0.29) is 6.10 Å². The highest BCUT2D eigenvalue weighted by atomic mass is 16.5. The Morgan fingerprint density at radius 2 is 2.00 bits per heavy atom. The number of ether oxygens (including phenoxy) is 2. The Morgan fingerprint density at radius 3 is 2.74 bits per heavy atom. The highest BCUT2D eigenvalue weighted by Crippen LogP contribution is 2.25. The molecule has 1 aliphatic carbocycles. The SMILES string of the molecule is CCNCC(COC)Oc1ccc2c(c1)CCCC2. The number of methoxy groups -OCH3 is 1. The van der Waals surface area contributed by atoms with Crippen molar-refractivity contribution in [1.82, 2.24) is 5.32 Å². The zero-order valence-electron chi connectivity index (χ0n) is 12.1. The monoisotopic (exact) mass is 263 g/mol. The molecule has 2 rings (SSSR count). The first-order valence-corrected chi connectivity index (χ1v) is 7.31. The van der Waals surface area contributed by atoms with Crippen molar-refractivity contribution in [3.05, 3.63) is 29.3 Å². The lowest BCUT2D eigenvalue weighted by molar-refractivity contribution is 0.0809. The van der Waals surface area contributed by atoms with Crippen molar-refractivity contribution in [2.45, 2.75) is 38.7 Å². The molecule has 0 saturated carbocycles. The fourth-order valence-corrected chi connectivity index (χ4v) is 2.60. The third-order valence-corrected chi connectivity index (χ3v) is 3.60. The topological polar surface area (TPSA) is 30.5 Å². The van der Waals surface area contributed by atoms with E-state index in [1.807, 2.05) is 0 Å². The van der Waals surface area contributed by atoms with Crippen LogP contribution in [0.2, 0.25) is 0 Å². The van der Waals surface area contributed by atoms with Crippen molar-refractivity contribution in [3.8, 4) is 5.75 Å². The lowest BCUT2D eigenvalue weighted by Crippen LogP contribution is -2.34. The van der Waals surface area contributed by atoms with Crippen LogP contribution in [0, 0.1) is 0 Å². The molecule has 3 heteroatoms. The second-order valence-electron chi connectivity index (χ2n) is 5.14. The van der Waals surface area contributed by atoms with Crippen molar-refractivity contribution in [2.24, 2.45) is 0 Å². The van der Waals surface area contributed by atoms with Crippen LogP contribution in [0.5, 0.6) is 5.75 Å². The Kier molecular flexibility index (Phi) is 5.67. The van der Waals surface area contributed by atoms with Gasteiger partial charge in [0.2, 0.25) is 0 Å². The molecule has 0 amide bonds. The molecule has 1 unspecified atom stereocenters. The molecule has 1 aromatic rings. The molecule has 1 aliphatic rings. The average Bonchev–Trinajstić information content (AvgIpc) is 2.45. The number of nitrogens with one attached hydrogen (secondary N) is 1. The predicted octanol–water partition coefficient (Wildman–Crippen LogP) is 2.57. The molecule has 1 aromatic carbocycles. The summed E-state index contributed by atoms with van der Waals surface area (Å²) in [5.74, 6) is 0.973. The minimum Gasteiger partial charge on any atom is -0.487 e. The molecule has 0 saturated heterocycles. The number of hydrogen-bond donors (Lipinski definition) is 1. The first-order valence-electron chi connectivity index (χ1n) is 7.31. The van der Waals surface area contributed by atoms with Crippen LogP contribution < -0.4 is 10.1 Å². The third-order valence-electron chi connectivity index (χ3n) is 3.60. The molecule has 106 valence electrons. The van der Waals surface area contributed by atoms with Gasteiger partial charge >= 0.3 is 0 Å². The quantitative estimate of drug-likeness (QED) is 0.820. The number of rotatable bonds is 7. The maximum Gasteiger partial charge on any atom is 0.134 e. The summed E-state index contributed by atoms with van der Waals surface area (Å²) in [6, 6.07) is 6.53. The van der Waals surface area contributed by atoms with Gasteiger partial charge in [0, 0.05) is 13.7 Å². The fourth-order valence-electron chi connectivity index (χ4n) is 2.60. The van der Waals surface area contributed by atoms with Crippen LogP contribution in [0.1, 0.15) is 30.9 Å². The zero-order chi connectivity index (χ0) is 13.5. The summed E-state index contributed by atoms with van der Waals surface area (Å²) in [5.41, 5.74) is 2.96. The van der Waals surface area contributed by atoms with Gasteiger partial charge < -0.3 is 14.8 Å². The molecule has 0 heterocycles. The van der Waals surface area contributed by atoms with Gasteiger partial charge in [-0.05, 0) is 55.5 Å². The van der Waals surface area contributed by atoms with Crippen LogP contribution in [-0.2, 0) is 17.6 Å². The molecule has 0 aromatic heterocycles. The van der Waals surface area contributed by atoms with Crippen LogP contribution in [0.3, 0.4) is 0 Å². The molecule has 19 heavy (non-hydrogen) atoms. The van der Waals surface area contributed by atoms with Gasteiger partial charge in [0.05, 0.1) is 6.61 Å². The van der Waals surface area contributed by atoms with Crippen LogP contribution in [0.15, 0.2) is 18.2 Å². The van der Waals surface area contributed by atoms with E-state index in [0.29, 0.717) is 6.61 Å². The summed E-state index contributed by atoms with van der Waals surface area (Å²) in [5, 5.41) is 3.31. The Morgan fingerprint density at radius 1 is 1.21 bits per heavy atom. The fraction of sp³-hybridized carbons (Fsp3) is 0.625. The highest BCUT2D eigenvalue weighted by Gasteiger charge is 2.13. The van der Waals surface area contributed by atoms with Crippen molar-refractivity contribution in [1.29, 1.82) is 0 Å². The highest BCUT2D eigenvalue weighted by molar-refractivity contribution is 5.37. The summed E-state index contributed by atoms with van der Waals surface area (Å²) in [6.07, 6.45) is 5.10. The Bertz CT molecular complexity index is 392. The van der Waals surface area contributed by atoms with E-state index in [0.717, 1.165) is 18.8 Å². The van der Waals surface area contributed by atoms with Gasteiger partial charge in [-0.2, -0.15) is 0 Å². The minimum atomic E-state index is 0.0755. The molecular formula is C16H25NO2. The van der Waals surface area contributed by atoms with E-state index in [9.17, 15) is 0 Å². The predicted molar refractivity (Wildman–Crippen MR) is 77.9 cm³/mol. The van der Waals surface area contributed by atoms with Gasteiger partial charge in [0.15, 0.2) is 0 Å². The molecule has 0 radical (unpaired) electrons. The first kappa shape index (κ1) is 14.4. The molecule has 0 fully saturated rings. The molecule has 1 N–H and O–H groups in total. The van der Waals surface area contributed by atoms with Crippen LogP contribution in [-0.4, -0.2) is 32.9 Å². The molecule has 0 aliphatic heterocycles. The van der Waals surface area contributed by atoms with Gasteiger partial charge in [-0.3, -0.25) is 0 Å². The summed E-state index contributed by atoms with van der Waals surface area (Å²) in [7, 11) is 1.72. The largest absolute Gasteiger partial charge is 0.487 e. The standard InChI is InChI=1S/C16H25NO2/c1-3-17-11-16(12-18-2)19-15-9-8-13-6-4-5-7-14(13)10-15/h8-10,16-17H,3-7,11-12H2,1-2H3. The average molecular weight is 263 g/mol. The number of benzene rings is 1. The number of likely N-dealkylation sites (N-methyl/N-ethyl adjacent to an activating group) is 1. The smallest absolute Gasteiger partial charge is 0.134 e. The Labute approximate surface area is 116 Å². The number of aryl methyl sites for hydroxylation is 2. The van der Waals surface area contributed by atoms with Crippen molar-refractivity contribution >= 4 is 0 Å². The molecular weight excluding hydrogens is 238 g/mol. The second kappa shape index (κ2) is 7.51. The van der Waals surface area contributed by atoms with Gasteiger partial charge in [-0.15, -0.1) is 0 Å². The summed E-state index contributed by atoms with van der Waals surface area (Å²) in [6.45, 7) is 4.49. The Balaban J connectivity index is 1.99. The van der Waals surface area contributed by atoms with Crippen LogP contribution in [0.4, 0.5) is 0 Å².